The molecule has 19 heavy (non-hydrogen) atoms. The van der Waals surface area contributed by atoms with E-state index < -0.39 is 17.4 Å². The lowest BCUT2D eigenvalue weighted by Gasteiger charge is -2.20. The van der Waals surface area contributed by atoms with Gasteiger partial charge in [-0.05, 0) is 25.0 Å². The van der Waals surface area contributed by atoms with Crippen molar-refractivity contribution in [3.63, 3.8) is 0 Å². The van der Waals surface area contributed by atoms with Crippen molar-refractivity contribution in [1.29, 1.82) is 0 Å². The molecular formula is C13H15NO5. The molecule has 0 fully saturated rings. The summed E-state index contributed by atoms with van der Waals surface area (Å²) in [7, 11) is 1.17. The smallest absolute Gasteiger partial charge is 0.323 e. The molecule has 1 aromatic rings. The zero-order valence-corrected chi connectivity index (χ0v) is 11.0. The minimum Gasteiger partial charge on any atom is -0.480 e. The molecule has 1 aliphatic rings. The molecule has 1 aliphatic carbocycles. The monoisotopic (exact) mass is 265 g/mol. The number of fused-ring (bicyclic) bond motifs is 1. The Balaban J connectivity index is 2.63. The van der Waals surface area contributed by atoms with Crippen LogP contribution in [0.15, 0.2) is 4.79 Å². The highest BCUT2D eigenvalue weighted by atomic mass is 16.5. The molecule has 6 heteroatoms. The number of ether oxygens (including phenoxy) is 1. The minimum atomic E-state index is -1.62. The van der Waals surface area contributed by atoms with Gasteiger partial charge in [-0.1, -0.05) is 0 Å². The van der Waals surface area contributed by atoms with Crippen LogP contribution in [0.1, 0.15) is 22.4 Å². The molecule has 1 atom stereocenters. The molecule has 0 saturated carbocycles. The third-order valence-corrected chi connectivity index (χ3v) is 3.85. The molecule has 1 heterocycles. The normalized spacial score (nSPS) is 21.0. The summed E-state index contributed by atoms with van der Waals surface area (Å²) in [6.45, 7) is 3.33. The van der Waals surface area contributed by atoms with Crippen LogP contribution in [0, 0.1) is 19.3 Å². The molecule has 2 N–H and O–H groups in total. The van der Waals surface area contributed by atoms with Gasteiger partial charge >= 0.3 is 11.9 Å². The number of aromatic nitrogens is 1. The van der Waals surface area contributed by atoms with E-state index in [1.807, 2.05) is 0 Å². The number of esters is 1. The van der Waals surface area contributed by atoms with Gasteiger partial charge in [-0.3, -0.25) is 14.4 Å². The van der Waals surface area contributed by atoms with Crippen molar-refractivity contribution in [1.82, 2.24) is 4.98 Å². The Hall–Kier alpha value is -2.11. The van der Waals surface area contributed by atoms with Crippen LogP contribution in [-0.2, 0) is 27.2 Å². The molecule has 0 aliphatic heterocycles. The second kappa shape index (κ2) is 4.22. The Morgan fingerprint density at radius 2 is 1.84 bits per heavy atom. The van der Waals surface area contributed by atoms with Gasteiger partial charge in [0.1, 0.15) is 0 Å². The summed E-state index contributed by atoms with van der Waals surface area (Å²) in [5.74, 6) is -2.00. The average molecular weight is 265 g/mol. The van der Waals surface area contributed by atoms with E-state index in [-0.39, 0.29) is 18.4 Å². The number of carboxylic acid groups (broad SMARTS) is 1. The third-order valence-electron chi connectivity index (χ3n) is 3.85. The molecule has 2 rings (SSSR count). The Morgan fingerprint density at radius 3 is 2.37 bits per heavy atom. The number of aliphatic carboxylic acids is 1. The highest BCUT2D eigenvalue weighted by Crippen LogP contribution is 2.40. The lowest BCUT2D eigenvalue weighted by atomic mass is 9.84. The molecule has 0 aromatic carbocycles. The fraction of sp³-hybridized carbons (Fsp3) is 0.462. The summed E-state index contributed by atoms with van der Waals surface area (Å²) in [4.78, 5) is 37.7. The molecule has 0 radical (unpaired) electrons. The minimum absolute atomic E-state index is 0.000926. The second-order valence-corrected chi connectivity index (χ2v) is 4.89. The predicted octanol–water partition coefficient (Wildman–Crippen LogP) is 0.334. The number of methoxy groups -OCH3 is 1. The van der Waals surface area contributed by atoms with Crippen LogP contribution in [0.4, 0.5) is 0 Å². The standard InChI is InChI=1S/C13H15NO5/c1-6-8-4-13(11(16)17,12(18)19-3)5-9(8)7(2)14-10(6)15/h4-5H2,1-3H3,(H,14,15)(H,16,17). The Bertz CT molecular complexity index is 631. The zero-order chi connectivity index (χ0) is 14.4. The maximum atomic E-state index is 11.9. The number of H-pyrrole nitrogens is 1. The van der Waals surface area contributed by atoms with Gasteiger partial charge in [-0.2, -0.15) is 0 Å². The van der Waals surface area contributed by atoms with Gasteiger partial charge in [-0.15, -0.1) is 0 Å². The van der Waals surface area contributed by atoms with Crippen molar-refractivity contribution < 1.29 is 19.4 Å². The van der Waals surface area contributed by atoms with Crippen LogP contribution < -0.4 is 5.56 Å². The SMILES string of the molecule is COC(=O)C1(C(=O)O)Cc2c(C)[nH]c(=O)c(C)c2C1. The van der Waals surface area contributed by atoms with Crippen molar-refractivity contribution in [3.8, 4) is 0 Å². The molecule has 1 aromatic heterocycles. The molecule has 1 unspecified atom stereocenters. The first kappa shape index (κ1) is 13.3. The molecule has 0 amide bonds. The number of rotatable bonds is 2. The van der Waals surface area contributed by atoms with Gasteiger partial charge in [0.05, 0.1) is 7.11 Å². The van der Waals surface area contributed by atoms with E-state index in [0.717, 1.165) is 5.56 Å². The van der Waals surface area contributed by atoms with Crippen LogP contribution in [0.5, 0.6) is 0 Å². The number of aromatic amines is 1. The van der Waals surface area contributed by atoms with Gasteiger partial charge < -0.3 is 14.8 Å². The number of pyridine rings is 1. The maximum absolute atomic E-state index is 11.9. The first-order chi connectivity index (χ1) is 8.83. The molecule has 0 bridgehead atoms. The fourth-order valence-corrected chi connectivity index (χ4v) is 2.65. The Morgan fingerprint density at radius 1 is 1.26 bits per heavy atom. The van der Waals surface area contributed by atoms with Gasteiger partial charge in [-0.25, -0.2) is 0 Å². The van der Waals surface area contributed by atoms with Crippen molar-refractivity contribution in [2.75, 3.05) is 7.11 Å². The first-order valence-electron chi connectivity index (χ1n) is 5.86. The second-order valence-electron chi connectivity index (χ2n) is 4.89. The topological polar surface area (TPSA) is 96.5 Å². The van der Waals surface area contributed by atoms with E-state index in [1.165, 1.54) is 7.11 Å². The summed E-state index contributed by atoms with van der Waals surface area (Å²) >= 11 is 0. The number of nitrogens with one attached hydrogen (secondary N) is 1. The number of hydrogen-bond acceptors (Lipinski definition) is 4. The van der Waals surface area contributed by atoms with Crippen LogP contribution in [0.2, 0.25) is 0 Å². The lowest BCUT2D eigenvalue weighted by Crippen LogP contribution is -2.41. The molecule has 6 nitrogen and oxygen atoms in total. The number of carboxylic acids is 1. The van der Waals surface area contributed by atoms with Crippen molar-refractivity contribution in [2.24, 2.45) is 5.41 Å². The van der Waals surface area contributed by atoms with E-state index in [1.54, 1.807) is 13.8 Å². The summed E-state index contributed by atoms with van der Waals surface area (Å²) in [6.07, 6.45) is 0.0503. The highest BCUT2D eigenvalue weighted by molar-refractivity contribution is 6.00. The first-order valence-corrected chi connectivity index (χ1v) is 5.86. The quantitative estimate of drug-likeness (QED) is 0.593. The van der Waals surface area contributed by atoms with Crippen molar-refractivity contribution in [3.05, 3.63) is 32.7 Å². The Kier molecular flexibility index (Phi) is 2.96. The summed E-state index contributed by atoms with van der Waals surface area (Å²) in [6, 6.07) is 0. The van der Waals surface area contributed by atoms with Gasteiger partial charge in [0.25, 0.3) is 5.56 Å². The van der Waals surface area contributed by atoms with Crippen LogP contribution in [0.3, 0.4) is 0 Å². The molecule has 0 spiro atoms. The van der Waals surface area contributed by atoms with Gasteiger partial charge in [0.2, 0.25) is 0 Å². The van der Waals surface area contributed by atoms with E-state index in [2.05, 4.69) is 9.72 Å². The van der Waals surface area contributed by atoms with Gasteiger partial charge in [0.15, 0.2) is 5.41 Å². The number of carbonyl (C=O) groups excluding carboxylic acids is 1. The van der Waals surface area contributed by atoms with E-state index in [9.17, 15) is 19.5 Å². The van der Waals surface area contributed by atoms with Crippen LogP contribution in [-0.4, -0.2) is 29.1 Å². The zero-order valence-electron chi connectivity index (χ0n) is 11.0. The largest absolute Gasteiger partial charge is 0.480 e. The fourth-order valence-electron chi connectivity index (χ4n) is 2.65. The van der Waals surface area contributed by atoms with Crippen molar-refractivity contribution >= 4 is 11.9 Å². The third kappa shape index (κ3) is 1.75. The lowest BCUT2D eigenvalue weighted by molar-refractivity contribution is -0.166. The van der Waals surface area contributed by atoms with Gasteiger partial charge in [0, 0.05) is 24.1 Å². The highest BCUT2D eigenvalue weighted by Gasteiger charge is 2.52. The molecule has 102 valence electrons. The summed E-state index contributed by atoms with van der Waals surface area (Å²) in [5, 5.41) is 9.40. The number of aryl methyl sites for hydroxylation is 1. The maximum Gasteiger partial charge on any atom is 0.323 e. The summed E-state index contributed by atoms with van der Waals surface area (Å²) < 4.78 is 4.63. The number of hydrogen-bond donors (Lipinski definition) is 2. The van der Waals surface area contributed by atoms with Crippen LogP contribution >= 0.6 is 0 Å². The predicted molar refractivity (Wildman–Crippen MR) is 66.0 cm³/mol. The van der Waals surface area contributed by atoms with E-state index >= 15 is 0 Å². The molecule has 0 saturated heterocycles. The average Bonchev–Trinajstić information content (AvgIpc) is 2.77. The van der Waals surface area contributed by atoms with Crippen LogP contribution in [0.25, 0.3) is 0 Å². The summed E-state index contributed by atoms with van der Waals surface area (Å²) in [5.41, 5.74) is 0.584. The number of carbonyl (C=O) groups is 2. The van der Waals surface area contributed by atoms with E-state index in [0.29, 0.717) is 16.8 Å². The Labute approximate surface area is 109 Å². The molecular weight excluding hydrogens is 250 g/mol. The van der Waals surface area contributed by atoms with Crippen molar-refractivity contribution in [2.45, 2.75) is 26.7 Å². The van der Waals surface area contributed by atoms with E-state index in [4.69, 9.17) is 0 Å².